The second-order valence-corrected chi connectivity index (χ2v) is 4.47. The van der Waals surface area contributed by atoms with E-state index in [0.717, 1.165) is 31.9 Å². The van der Waals surface area contributed by atoms with E-state index < -0.39 is 0 Å². The smallest absolute Gasteiger partial charge is 0.177 e. The fourth-order valence-corrected chi connectivity index (χ4v) is 2.61. The Hall–Kier alpha value is -0.250. The summed E-state index contributed by atoms with van der Waals surface area (Å²) in [5.41, 5.74) is 0.969. The fraction of sp³-hybridized carbons (Fsp3) is 0.111. The van der Waals surface area contributed by atoms with Crippen molar-refractivity contribution in [3.63, 3.8) is 0 Å². The van der Waals surface area contributed by atoms with Crippen LogP contribution in [-0.4, -0.2) is 0 Å². The summed E-state index contributed by atoms with van der Waals surface area (Å²) in [6.45, 7) is 0. The third kappa shape index (κ3) is 1.68. The minimum Gasteiger partial charge on any atom is -0.195 e. The number of fused-ring (bicyclic) bond motifs is 1. The summed E-state index contributed by atoms with van der Waals surface area (Å²) in [6.07, 6.45) is 0. The van der Waals surface area contributed by atoms with Crippen molar-refractivity contribution in [1.82, 2.24) is 0 Å². The summed E-state index contributed by atoms with van der Waals surface area (Å²) in [4.78, 5) is 0.794. The zero-order valence-electron chi connectivity index (χ0n) is 6.55. The highest BCUT2D eigenvalue weighted by Gasteiger charge is 2.05. The van der Waals surface area contributed by atoms with Gasteiger partial charge in [-0.1, -0.05) is 0 Å². The normalized spacial score (nSPS) is 11.0. The van der Waals surface area contributed by atoms with Crippen LogP contribution in [0, 0.1) is 5.13 Å². The average Bonchev–Trinajstić information content (AvgIpc) is 2.46. The van der Waals surface area contributed by atoms with Gasteiger partial charge in [-0.15, -0.1) is 35.6 Å². The Bertz CT molecular complexity index is 450. The number of hydrogen-bond donors (Lipinski definition) is 1. The molecule has 0 spiro atoms. The van der Waals surface area contributed by atoms with E-state index in [1.165, 1.54) is 6.07 Å². The second-order valence-electron chi connectivity index (χ2n) is 2.72. The van der Waals surface area contributed by atoms with Gasteiger partial charge in [-0.3, -0.25) is 0 Å². The van der Waals surface area contributed by atoms with Crippen LogP contribution >= 0.6 is 35.6 Å². The Labute approximate surface area is 89.7 Å². The van der Waals surface area contributed by atoms with Crippen LogP contribution in [-0.2, 0) is 5.88 Å². The molecule has 0 unspecified atom stereocenters. The lowest BCUT2D eigenvalue weighted by Crippen LogP contribution is -1.77. The van der Waals surface area contributed by atoms with Crippen LogP contribution in [0.15, 0.2) is 23.1 Å². The van der Waals surface area contributed by atoms with Gasteiger partial charge in [-0.2, -0.15) is 4.39 Å². The molecular formula is C9H6ClFS2. The van der Waals surface area contributed by atoms with Crippen LogP contribution in [0.25, 0.3) is 10.1 Å². The molecule has 1 heterocycles. The zero-order valence-corrected chi connectivity index (χ0v) is 9.02. The van der Waals surface area contributed by atoms with E-state index in [4.69, 9.17) is 11.6 Å². The number of halogens is 2. The molecular weight excluding hydrogens is 227 g/mol. The molecule has 0 bridgehead atoms. The zero-order chi connectivity index (χ0) is 9.42. The van der Waals surface area contributed by atoms with E-state index in [0.29, 0.717) is 5.88 Å². The molecule has 0 N–H and O–H groups in total. The van der Waals surface area contributed by atoms with E-state index >= 15 is 0 Å². The van der Waals surface area contributed by atoms with Crippen LogP contribution in [0.4, 0.5) is 4.39 Å². The predicted molar refractivity (Wildman–Crippen MR) is 58.6 cm³/mol. The summed E-state index contributed by atoms with van der Waals surface area (Å²) >= 11 is 11.1. The first-order valence-corrected chi connectivity index (χ1v) is 5.47. The van der Waals surface area contributed by atoms with Gasteiger partial charge < -0.3 is 0 Å². The minimum atomic E-state index is -0.183. The number of alkyl halides is 1. The Morgan fingerprint density at radius 3 is 2.85 bits per heavy atom. The van der Waals surface area contributed by atoms with Gasteiger partial charge in [0.15, 0.2) is 5.13 Å². The van der Waals surface area contributed by atoms with E-state index in [1.54, 1.807) is 0 Å². The molecule has 68 valence electrons. The molecule has 0 saturated carbocycles. The SMILES string of the molecule is Fc1cc2cc(CCl)cc(S)c2s1. The van der Waals surface area contributed by atoms with Gasteiger partial charge in [-0.05, 0) is 29.1 Å². The van der Waals surface area contributed by atoms with E-state index in [-0.39, 0.29) is 5.13 Å². The first kappa shape index (κ1) is 9.31. The largest absolute Gasteiger partial charge is 0.195 e. The number of hydrogen-bond acceptors (Lipinski definition) is 2. The second kappa shape index (κ2) is 3.48. The number of thiophene rings is 1. The molecule has 1 aromatic carbocycles. The first-order chi connectivity index (χ1) is 6.20. The third-order valence-corrected chi connectivity index (χ3v) is 3.57. The average molecular weight is 233 g/mol. The Kier molecular flexibility index (Phi) is 2.49. The molecule has 0 nitrogen and oxygen atoms in total. The predicted octanol–water partition coefficient (Wildman–Crippen LogP) is 4.07. The molecule has 2 aromatic rings. The maximum atomic E-state index is 12.9. The van der Waals surface area contributed by atoms with Crippen LogP contribution in [0.3, 0.4) is 0 Å². The quantitative estimate of drug-likeness (QED) is 0.556. The van der Waals surface area contributed by atoms with Crippen molar-refractivity contribution in [3.05, 3.63) is 28.9 Å². The minimum absolute atomic E-state index is 0.183. The summed E-state index contributed by atoms with van der Waals surface area (Å²) < 4.78 is 13.8. The molecule has 0 aliphatic rings. The molecule has 2 rings (SSSR count). The highest BCUT2D eigenvalue weighted by Crippen LogP contribution is 2.31. The van der Waals surface area contributed by atoms with Gasteiger partial charge in [0, 0.05) is 10.8 Å². The van der Waals surface area contributed by atoms with Crippen LogP contribution in [0.1, 0.15) is 5.56 Å². The Morgan fingerprint density at radius 2 is 2.15 bits per heavy atom. The van der Waals surface area contributed by atoms with E-state index in [1.807, 2.05) is 12.1 Å². The number of benzene rings is 1. The van der Waals surface area contributed by atoms with Crippen LogP contribution < -0.4 is 0 Å². The molecule has 0 aliphatic heterocycles. The Balaban J connectivity index is 2.75. The molecule has 0 fully saturated rings. The highest BCUT2D eigenvalue weighted by molar-refractivity contribution is 7.80. The first-order valence-electron chi connectivity index (χ1n) is 3.67. The lowest BCUT2D eigenvalue weighted by atomic mass is 10.2. The van der Waals surface area contributed by atoms with Crippen molar-refractivity contribution >= 4 is 45.7 Å². The third-order valence-electron chi connectivity index (χ3n) is 1.78. The molecule has 1 aromatic heterocycles. The van der Waals surface area contributed by atoms with Crippen molar-refractivity contribution < 1.29 is 4.39 Å². The summed E-state index contributed by atoms with van der Waals surface area (Å²) in [6, 6.07) is 5.27. The molecule has 0 radical (unpaired) electrons. The molecule has 0 atom stereocenters. The van der Waals surface area contributed by atoms with Gasteiger partial charge in [-0.25, -0.2) is 0 Å². The number of rotatable bonds is 1. The standard InChI is InChI=1S/C9H6ClFS2/c10-4-5-1-6-3-8(11)13-9(6)7(12)2-5/h1-3,12H,4H2. The molecule has 0 aliphatic carbocycles. The Morgan fingerprint density at radius 1 is 1.38 bits per heavy atom. The van der Waals surface area contributed by atoms with Gasteiger partial charge in [0.25, 0.3) is 0 Å². The molecule has 0 saturated heterocycles. The van der Waals surface area contributed by atoms with Crippen LogP contribution in [0.2, 0.25) is 0 Å². The molecule has 13 heavy (non-hydrogen) atoms. The lowest BCUT2D eigenvalue weighted by molar-refractivity contribution is 0.658. The van der Waals surface area contributed by atoms with Gasteiger partial charge in [0.1, 0.15) is 0 Å². The fourth-order valence-electron chi connectivity index (χ4n) is 1.24. The number of thiol groups is 1. The summed E-state index contributed by atoms with van der Waals surface area (Å²) in [5.74, 6) is 0.432. The van der Waals surface area contributed by atoms with Crippen molar-refractivity contribution in [2.75, 3.05) is 0 Å². The van der Waals surface area contributed by atoms with Gasteiger partial charge in [0.05, 0.1) is 4.70 Å². The van der Waals surface area contributed by atoms with E-state index in [9.17, 15) is 4.39 Å². The summed E-state index contributed by atoms with van der Waals surface area (Å²) in [7, 11) is 0. The van der Waals surface area contributed by atoms with Crippen molar-refractivity contribution in [3.8, 4) is 0 Å². The summed E-state index contributed by atoms with van der Waals surface area (Å²) in [5, 5.41) is 0.697. The van der Waals surface area contributed by atoms with Gasteiger partial charge >= 0.3 is 0 Å². The van der Waals surface area contributed by atoms with Crippen molar-refractivity contribution in [2.24, 2.45) is 0 Å². The van der Waals surface area contributed by atoms with Crippen molar-refractivity contribution in [2.45, 2.75) is 10.8 Å². The van der Waals surface area contributed by atoms with Crippen molar-refractivity contribution in [1.29, 1.82) is 0 Å². The maximum Gasteiger partial charge on any atom is 0.177 e. The molecule has 4 heteroatoms. The molecule has 0 amide bonds. The highest BCUT2D eigenvalue weighted by atomic mass is 35.5. The lowest BCUT2D eigenvalue weighted by Gasteiger charge is -1.98. The monoisotopic (exact) mass is 232 g/mol. The topological polar surface area (TPSA) is 0 Å². The van der Waals surface area contributed by atoms with Gasteiger partial charge in [0.2, 0.25) is 0 Å². The maximum absolute atomic E-state index is 12.9. The van der Waals surface area contributed by atoms with E-state index in [2.05, 4.69) is 12.6 Å². The van der Waals surface area contributed by atoms with Crippen LogP contribution in [0.5, 0.6) is 0 Å².